The zero-order valence-corrected chi connectivity index (χ0v) is 8.48. The van der Waals surface area contributed by atoms with Crippen LogP contribution in [0, 0.1) is 0 Å². The van der Waals surface area contributed by atoms with E-state index in [0.29, 0.717) is 10.7 Å². The molecule has 1 rings (SSSR count). The lowest BCUT2D eigenvalue weighted by Crippen LogP contribution is -2.11. The van der Waals surface area contributed by atoms with Gasteiger partial charge in [0.2, 0.25) is 0 Å². The van der Waals surface area contributed by atoms with Gasteiger partial charge in [-0.25, -0.2) is 4.98 Å². The molecule has 0 unspecified atom stereocenters. The van der Waals surface area contributed by atoms with E-state index in [1.54, 1.807) is 12.1 Å². The molecular formula is C9H9ClF3NO. The van der Waals surface area contributed by atoms with Gasteiger partial charge in [0, 0.05) is 6.20 Å². The van der Waals surface area contributed by atoms with Gasteiger partial charge in [0.05, 0.1) is 19.6 Å². The minimum atomic E-state index is -4.17. The zero-order chi connectivity index (χ0) is 11.3. The number of ether oxygens (including phenoxy) is 1. The molecule has 15 heavy (non-hydrogen) atoms. The molecule has 0 aliphatic heterocycles. The van der Waals surface area contributed by atoms with Gasteiger partial charge >= 0.3 is 6.18 Å². The van der Waals surface area contributed by atoms with Crippen LogP contribution in [0.3, 0.4) is 0 Å². The molecule has 0 aliphatic rings. The van der Waals surface area contributed by atoms with E-state index in [4.69, 9.17) is 16.3 Å². The van der Waals surface area contributed by atoms with E-state index >= 15 is 0 Å². The largest absolute Gasteiger partial charge is 0.391 e. The van der Waals surface area contributed by atoms with Crippen molar-refractivity contribution in [1.29, 1.82) is 0 Å². The third-order valence-electron chi connectivity index (χ3n) is 1.59. The first-order valence-electron chi connectivity index (χ1n) is 4.22. The number of halogens is 4. The van der Waals surface area contributed by atoms with Gasteiger partial charge in [-0.2, -0.15) is 13.2 Å². The Bertz CT molecular complexity index is 316. The van der Waals surface area contributed by atoms with Crippen molar-refractivity contribution in [2.24, 2.45) is 0 Å². The van der Waals surface area contributed by atoms with Gasteiger partial charge in [-0.3, -0.25) is 0 Å². The predicted octanol–water partition coefficient (Wildman–Crippen LogP) is 3.20. The maximum Gasteiger partial charge on any atom is 0.391 e. The van der Waals surface area contributed by atoms with Crippen LogP contribution in [-0.4, -0.2) is 17.8 Å². The van der Waals surface area contributed by atoms with E-state index in [0.717, 1.165) is 0 Å². The highest BCUT2D eigenvalue weighted by atomic mass is 35.5. The Labute approximate surface area is 90.0 Å². The first-order valence-corrected chi connectivity index (χ1v) is 4.60. The zero-order valence-electron chi connectivity index (χ0n) is 7.72. The normalized spacial score (nSPS) is 11.7. The standard InChI is InChI=1S/C9H9ClF3NO/c10-8-5-7(1-3-14-8)6-15-4-2-9(11,12)13/h1,3,5H,2,4,6H2. The number of hydrogen-bond acceptors (Lipinski definition) is 2. The Hall–Kier alpha value is -0.810. The van der Waals surface area contributed by atoms with Crippen LogP contribution < -0.4 is 0 Å². The van der Waals surface area contributed by atoms with E-state index in [9.17, 15) is 13.2 Å². The summed E-state index contributed by atoms with van der Waals surface area (Å²) in [6.07, 6.45) is -3.63. The van der Waals surface area contributed by atoms with Gasteiger partial charge in [-0.1, -0.05) is 11.6 Å². The molecule has 1 aromatic heterocycles. The summed E-state index contributed by atoms with van der Waals surface area (Å²) in [5.74, 6) is 0. The van der Waals surface area contributed by atoms with Crippen molar-refractivity contribution in [2.75, 3.05) is 6.61 Å². The summed E-state index contributed by atoms with van der Waals surface area (Å²) in [6, 6.07) is 3.19. The van der Waals surface area contributed by atoms with Crippen LogP contribution in [0.2, 0.25) is 5.15 Å². The van der Waals surface area contributed by atoms with E-state index in [1.165, 1.54) is 6.20 Å². The highest BCUT2D eigenvalue weighted by Crippen LogP contribution is 2.19. The molecular weight excluding hydrogens is 231 g/mol. The predicted molar refractivity (Wildman–Crippen MR) is 49.6 cm³/mol. The summed E-state index contributed by atoms with van der Waals surface area (Å²) in [7, 11) is 0. The second-order valence-electron chi connectivity index (χ2n) is 2.90. The second kappa shape index (κ2) is 5.32. The summed E-state index contributed by atoms with van der Waals surface area (Å²) in [5.41, 5.74) is 0.706. The van der Waals surface area contributed by atoms with Crippen LogP contribution in [0.4, 0.5) is 13.2 Å². The lowest BCUT2D eigenvalue weighted by Gasteiger charge is -2.07. The Morgan fingerprint density at radius 3 is 2.73 bits per heavy atom. The number of rotatable bonds is 4. The molecule has 0 radical (unpaired) electrons. The van der Waals surface area contributed by atoms with Crippen LogP contribution in [0.5, 0.6) is 0 Å². The van der Waals surface area contributed by atoms with Crippen LogP contribution in [0.25, 0.3) is 0 Å². The highest BCUT2D eigenvalue weighted by Gasteiger charge is 2.26. The van der Waals surface area contributed by atoms with Crippen molar-refractivity contribution >= 4 is 11.6 Å². The Morgan fingerprint density at radius 2 is 2.13 bits per heavy atom. The van der Waals surface area contributed by atoms with E-state index < -0.39 is 12.6 Å². The Balaban J connectivity index is 2.26. The number of aromatic nitrogens is 1. The lowest BCUT2D eigenvalue weighted by molar-refractivity contribution is -0.146. The van der Waals surface area contributed by atoms with Gasteiger partial charge < -0.3 is 4.74 Å². The van der Waals surface area contributed by atoms with Gasteiger partial charge in [0.25, 0.3) is 0 Å². The Kier molecular flexibility index (Phi) is 4.35. The minimum Gasteiger partial charge on any atom is -0.376 e. The Morgan fingerprint density at radius 1 is 1.40 bits per heavy atom. The molecule has 0 aliphatic carbocycles. The molecule has 0 amide bonds. The summed E-state index contributed by atoms with van der Waals surface area (Å²) < 4.78 is 40.0. The van der Waals surface area contributed by atoms with E-state index in [-0.39, 0.29) is 13.2 Å². The molecule has 0 N–H and O–H groups in total. The number of pyridine rings is 1. The summed E-state index contributed by atoms with van der Waals surface area (Å²) >= 11 is 5.58. The molecule has 1 aromatic rings. The monoisotopic (exact) mass is 239 g/mol. The molecule has 84 valence electrons. The summed E-state index contributed by atoms with van der Waals surface area (Å²) in [5, 5.41) is 0.298. The molecule has 0 fully saturated rings. The van der Waals surface area contributed by atoms with Crippen LogP contribution in [-0.2, 0) is 11.3 Å². The maximum absolute atomic E-state index is 11.7. The highest BCUT2D eigenvalue weighted by molar-refractivity contribution is 6.29. The topological polar surface area (TPSA) is 22.1 Å². The minimum absolute atomic E-state index is 0.109. The molecule has 0 saturated carbocycles. The molecule has 0 saturated heterocycles. The fraction of sp³-hybridized carbons (Fsp3) is 0.444. The van der Waals surface area contributed by atoms with E-state index in [1.807, 2.05) is 0 Å². The van der Waals surface area contributed by atoms with Crippen molar-refractivity contribution in [3.8, 4) is 0 Å². The fourth-order valence-corrected chi connectivity index (χ4v) is 1.11. The molecule has 0 atom stereocenters. The van der Waals surface area contributed by atoms with Crippen LogP contribution in [0.15, 0.2) is 18.3 Å². The SMILES string of the molecule is FC(F)(F)CCOCc1ccnc(Cl)c1. The lowest BCUT2D eigenvalue weighted by atomic mass is 10.3. The van der Waals surface area contributed by atoms with Gasteiger partial charge in [0.15, 0.2) is 0 Å². The number of nitrogens with zero attached hydrogens (tertiary/aromatic N) is 1. The third-order valence-corrected chi connectivity index (χ3v) is 1.80. The first-order chi connectivity index (χ1) is 6.97. The number of hydrogen-bond donors (Lipinski definition) is 0. The average molecular weight is 240 g/mol. The average Bonchev–Trinajstić information content (AvgIpc) is 2.11. The fourth-order valence-electron chi connectivity index (χ4n) is 0.910. The smallest absolute Gasteiger partial charge is 0.376 e. The van der Waals surface area contributed by atoms with Crippen molar-refractivity contribution in [2.45, 2.75) is 19.2 Å². The summed E-state index contributed by atoms with van der Waals surface area (Å²) in [6.45, 7) is -0.234. The second-order valence-corrected chi connectivity index (χ2v) is 3.29. The molecule has 1 heterocycles. The van der Waals surface area contributed by atoms with Gasteiger partial charge in [0.1, 0.15) is 5.15 Å². The molecule has 0 bridgehead atoms. The molecule has 0 spiro atoms. The third kappa shape index (κ3) is 5.59. The quantitative estimate of drug-likeness (QED) is 0.595. The first kappa shape index (κ1) is 12.3. The van der Waals surface area contributed by atoms with Gasteiger partial charge in [-0.05, 0) is 17.7 Å². The van der Waals surface area contributed by atoms with Crippen molar-refractivity contribution in [3.05, 3.63) is 29.0 Å². The van der Waals surface area contributed by atoms with Crippen molar-refractivity contribution < 1.29 is 17.9 Å². The van der Waals surface area contributed by atoms with E-state index in [2.05, 4.69) is 4.98 Å². The van der Waals surface area contributed by atoms with Crippen molar-refractivity contribution in [1.82, 2.24) is 4.98 Å². The van der Waals surface area contributed by atoms with Crippen LogP contribution in [0.1, 0.15) is 12.0 Å². The summed E-state index contributed by atoms with van der Waals surface area (Å²) in [4.78, 5) is 3.74. The number of alkyl halides is 3. The molecule has 2 nitrogen and oxygen atoms in total. The molecule has 0 aromatic carbocycles. The molecule has 6 heteroatoms. The maximum atomic E-state index is 11.7. The van der Waals surface area contributed by atoms with Crippen molar-refractivity contribution in [3.63, 3.8) is 0 Å². The van der Waals surface area contributed by atoms with Crippen LogP contribution >= 0.6 is 11.6 Å². The van der Waals surface area contributed by atoms with Gasteiger partial charge in [-0.15, -0.1) is 0 Å².